The fourth-order valence-corrected chi connectivity index (χ4v) is 1.29. The summed E-state index contributed by atoms with van der Waals surface area (Å²) >= 11 is 0. The van der Waals surface area contributed by atoms with Crippen LogP contribution in [0.4, 0.5) is 0 Å². The molecule has 0 unspecified atom stereocenters. The lowest BCUT2D eigenvalue weighted by Crippen LogP contribution is -1.94. The minimum Gasteiger partial charge on any atom is -0.496 e. The number of aryl methyl sites for hydroxylation is 2. The standard InChI is InChI=1S/C12H15NO/c1-9-8-12(14-3)10(2)7-11(9)5-4-6-13/h7-8H,6,13H2,1-3H3. The molecule has 2 heteroatoms. The molecule has 2 N–H and O–H groups in total. The van der Waals surface area contributed by atoms with Crippen LogP contribution < -0.4 is 10.5 Å². The summed E-state index contributed by atoms with van der Waals surface area (Å²) in [7, 11) is 1.67. The van der Waals surface area contributed by atoms with Crippen LogP contribution in [0.2, 0.25) is 0 Å². The Bertz CT molecular complexity index is 385. The number of hydrogen-bond donors (Lipinski definition) is 1. The predicted octanol–water partition coefficient (Wildman–Crippen LogP) is 1.62. The lowest BCUT2D eigenvalue weighted by atomic mass is 10.1. The average molecular weight is 189 g/mol. The number of methoxy groups -OCH3 is 1. The number of nitrogens with two attached hydrogens (primary N) is 1. The van der Waals surface area contributed by atoms with E-state index >= 15 is 0 Å². The highest BCUT2D eigenvalue weighted by molar-refractivity contribution is 5.48. The second-order valence-electron chi connectivity index (χ2n) is 3.14. The van der Waals surface area contributed by atoms with Gasteiger partial charge in [-0.3, -0.25) is 0 Å². The highest BCUT2D eigenvalue weighted by atomic mass is 16.5. The summed E-state index contributed by atoms with van der Waals surface area (Å²) in [4.78, 5) is 0. The SMILES string of the molecule is COc1cc(C)c(C#CCN)cc1C. The molecule has 0 radical (unpaired) electrons. The van der Waals surface area contributed by atoms with Crippen molar-refractivity contribution in [3.05, 3.63) is 28.8 Å². The second-order valence-corrected chi connectivity index (χ2v) is 3.14. The van der Waals surface area contributed by atoms with Crippen molar-refractivity contribution in [2.24, 2.45) is 5.73 Å². The first kappa shape index (κ1) is 10.6. The van der Waals surface area contributed by atoms with Crippen molar-refractivity contribution in [1.29, 1.82) is 0 Å². The molecule has 0 aliphatic heterocycles. The van der Waals surface area contributed by atoms with Crippen LogP contribution in [-0.4, -0.2) is 13.7 Å². The molecule has 74 valence electrons. The fraction of sp³-hybridized carbons (Fsp3) is 0.333. The molecule has 14 heavy (non-hydrogen) atoms. The predicted molar refractivity (Wildman–Crippen MR) is 58.4 cm³/mol. The van der Waals surface area contributed by atoms with Crippen molar-refractivity contribution in [3.8, 4) is 17.6 Å². The average Bonchev–Trinajstić information content (AvgIpc) is 2.18. The van der Waals surface area contributed by atoms with Gasteiger partial charge in [0.15, 0.2) is 0 Å². The molecule has 0 fully saturated rings. The van der Waals surface area contributed by atoms with Gasteiger partial charge >= 0.3 is 0 Å². The van der Waals surface area contributed by atoms with Crippen molar-refractivity contribution in [2.75, 3.05) is 13.7 Å². The Morgan fingerprint density at radius 2 is 2.00 bits per heavy atom. The number of rotatable bonds is 1. The van der Waals surface area contributed by atoms with Crippen LogP contribution in [0.5, 0.6) is 5.75 Å². The number of hydrogen-bond acceptors (Lipinski definition) is 2. The summed E-state index contributed by atoms with van der Waals surface area (Å²) in [5, 5.41) is 0. The summed E-state index contributed by atoms with van der Waals surface area (Å²) in [6.45, 7) is 4.42. The largest absolute Gasteiger partial charge is 0.496 e. The number of ether oxygens (including phenoxy) is 1. The third-order valence-corrected chi connectivity index (χ3v) is 2.07. The Hall–Kier alpha value is -1.46. The van der Waals surface area contributed by atoms with Crippen LogP contribution >= 0.6 is 0 Å². The molecular weight excluding hydrogens is 174 g/mol. The number of benzene rings is 1. The van der Waals surface area contributed by atoms with Gasteiger partial charge in [-0.25, -0.2) is 0 Å². The van der Waals surface area contributed by atoms with Gasteiger partial charge in [-0.15, -0.1) is 0 Å². The highest BCUT2D eigenvalue weighted by Crippen LogP contribution is 2.21. The minimum atomic E-state index is 0.393. The van der Waals surface area contributed by atoms with E-state index in [1.54, 1.807) is 7.11 Å². The summed E-state index contributed by atoms with van der Waals surface area (Å²) < 4.78 is 5.21. The van der Waals surface area contributed by atoms with E-state index in [9.17, 15) is 0 Å². The summed E-state index contributed by atoms with van der Waals surface area (Å²) in [5.74, 6) is 6.78. The van der Waals surface area contributed by atoms with Gasteiger partial charge in [0, 0.05) is 5.56 Å². The normalized spacial score (nSPS) is 9.14. The monoisotopic (exact) mass is 189 g/mol. The highest BCUT2D eigenvalue weighted by Gasteiger charge is 2.02. The van der Waals surface area contributed by atoms with Crippen molar-refractivity contribution >= 4 is 0 Å². The molecule has 1 aromatic carbocycles. The third kappa shape index (κ3) is 2.27. The lowest BCUT2D eigenvalue weighted by Gasteiger charge is -2.07. The van der Waals surface area contributed by atoms with E-state index in [-0.39, 0.29) is 0 Å². The van der Waals surface area contributed by atoms with Gasteiger partial charge in [0.2, 0.25) is 0 Å². The van der Waals surface area contributed by atoms with Gasteiger partial charge in [0.1, 0.15) is 5.75 Å². The molecule has 2 nitrogen and oxygen atoms in total. The smallest absolute Gasteiger partial charge is 0.122 e. The van der Waals surface area contributed by atoms with E-state index in [0.29, 0.717) is 6.54 Å². The molecule has 1 rings (SSSR count). The maximum Gasteiger partial charge on any atom is 0.122 e. The molecule has 0 saturated carbocycles. The topological polar surface area (TPSA) is 35.2 Å². The third-order valence-electron chi connectivity index (χ3n) is 2.07. The quantitative estimate of drug-likeness (QED) is 0.681. The molecule has 0 aromatic heterocycles. The van der Waals surface area contributed by atoms with Crippen molar-refractivity contribution < 1.29 is 4.74 Å². The Kier molecular flexibility index (Phi) is 3.55. The Morgan fingerprint density at radius 1 is 1.29 bits per heavy atom. The summed E-state index contributed by atoms with van der Waals surface area (Å²) in [5.41, 5.74) is 8.56. The molecule has 0 aliphatic carbocycles. The first-order valence-electron chi connectivity index (χ1n) is 4.53. The van der Waals surface area contributed by atoms with E-state index < -0.39 is 0 Å². The van der Waals surface area contributed by atoms with E-state index in [2.05, 4.69) is 11.8 Å². The molecule has 1 aromatic rings. The molecule has 0 bridgehead atoms. The second kappa shape index (κ2) is 4.69. The molecular formula is C12H15NO. The molecule has 0 heterocycles. The van der Waals surface area contributed by atoms with Crippen molar-refractivity contribution in [2.45, 2.75) is 13.8 Å². The van der Waals surface area contributed by atoms with E-state index in [4.69, 9.17) is 10.5 Å². The van der Waals surface area contributed by atoms with Gasteiger partial charge in [-0.2, -0.15) is 0 Å². The summed E-state index contributed by atoms with van der Waals surface area (Å²) in [6, 6.07) is 4.02. The zero-order valence-electron chi connectivity index (χ0n) is 8.85. The van der Waals surface area contributed by atoms with Crippen LogP contribution in [0.3, 0.4) is 0 Å². The fourth-order valence-electron chi connectivity index (χ4n) is 1.29. The first-order valence-corrected chi connectivity index (χ1v) is 4.53. The van der Waals surface area contributed by atoms with Crippen molar-refractivity contribution in [3.63, 3.8) is 0 Å². The first-order chi connectivity index (χ1) is 6.69. The van der Waals surface area contributed by atoms with Crippen LogP contribution in [0.25, 0.3) is 0 Å². The Labute approximate surface area is 85.1 Å². The zero-order chi connectivity index (χ0) is 10.6. The van der Waals surface area contributed by atoms with Crippen LogP contribution in [0.1, 0.15) is 16.7 Å². The van der Waals surface area contributed by atoms with Crippen molar-refractivity contribution in [1.82, 2.24) is 0 Å². The zero-order valence-corrected chi connectivity index (χ0v) is 8.85. The van der Waals surface area contributed by atoms with E-state index in [1.807, 2.05) is 26.0 Å². The lowest BCUT2D eigenvalue weighted by molar-refractivity contribution is 0.411. The molecule has 0 atom stereocenters. The summed E-state index contributed by atoms with van der Waals surface area (Å²) in [6.07, 6.45) is 0. The maximum absolute atomic E-state index is 5.32. The van der Waals surface area contributed by atoms with Crippen LogP contribution in [0.15, 0.2) is 12.1 Å². The Morgan fingerprint density at radius 3 is 2.57 bits per heavy atom. The molecule has 0 amide bonds. The maximum atomic E-state index is 5.32. The molecule has 0 saturated heterocycles. The molecule has 0 aliphatic rings. The van der Waals surface area contributed by atoms with Crippen LogP contribution in [-0.2, 0) is 0 Å². The van der Waals surface area contributed by atoms with E-state index in [0.717, 1.165) is 22.4 Å². The van der Waals surface area contributed by atoms with Gasteiger partial charge in [0.25, 0.3) is 0 Å². The van der Waals surface area contributed by atoms with Gasteiger partial charge in [-0.05, 0) is 37.1 Å². The van der Waals surface area contributed by atoms with Gasteiger partial charge in [-0.1, -0.05) is 11.8 Å². The minimum absolute atomic E-state index is 0.393. The van der Waals surface area contributed by atoms with Crippen LogP contribution in [0, 0.1) is 25.7 Å². The van der Waals surface area contributed by atoms with E-state index in [1.165, 1.54) is 0 Å². The molecule has 0 spiro atoms. The van der Waals surface area contributed by atoms with Gasteiger partial charge < -0.3 is 10.5 Å². The van der Waals surface area contributed by atoms with Gasteiger partial charge in [0.05, 0.1) is 13.7 Å². The Balaban J connectivity index is 3.15.